The van der Waals surface area contributed by atoms with Crippen molar-refractivity contribution in [2.24, 2.45) is 0 Å². The molecule has 0 aliphatic carbocycles. The summed E-state index contributed by atoms with van der Waals surface area (Å²) >= 11 is 0. The van der Waals surface area contributed by atoms with Gasteiger partial charge in [0.05, 0.1) is 6.54 Å². The Morgan fingerprint density at radius 1 is 1.29 bits per heavy atom. The van der Waals surface area contributed by atoms with Crippen LogP contribution in [0.2, 0.25) is 0 Å². The lowest BCUT2D eigenvalue weighted by atomic mass is 10.3. The lowest BCUT2D eigenvalue weighted by Crippen LogP contribution is -2.40. The van der Waals surface area contributed by atoms with E-state index in [0.29, 0.717) is 10.6 Å². The fourth-order valence-electron chi connectivity index (χ4n) is 1.14. The Hall–Kier alpha value is -1.72. The molecule has 1 aromatic rings. The minimum atomic E-state index is -4.83. The van der Waals surface area contributed by atoms with E-state index >= 15 is 0 Å². The van der Waals surface area contributed by atoms with Gasteiger partial charge in [-0.05, 0) is 12.1 Å². The molecular formula is C11H12F3NO2. The van der Waals surface area contributed by atoms with Gasteiger partial charge in [0, 0.05) is 7.05 Å². The highest BCUT2D eigenvalue weighted by atomic mass is 19.4. The van der Waals surface area contributed by atoms with E-state index in [1.165, 1.54) is 0 Å². The van der Waals surface area contributed by atoms with Gasteiger partial charge in [0.1, 0.15) is 12.4 Å². The molecule has 0 aliphatic heterocycles. The molecule has 0 fully saturated rings. The summed E-state index contributed by atoms with van der Waals surface area (Å²) in [6.45, 7) is -0.102. The quantitative estimate of drug-likeness (QED) is 0.815. The summed E-state index contributed by atoms with van der Waals surface area (Å²) in [4.78, 5) is 11.3. The average Bonchev–Trinajstić information content (AvgIpc) is 2.28. The maximum atomic E-state index is 12.0. The van der Waals surface area contributed by atoms with Crippen LogP contribution in [0.3, 0.4) is 0 Å². The molecule has 0 radical (unpaired) electrons. The molecule has 6 heteroatoms. The molecule has 0 unspecified atom stereocenters. The lowest BCUT2D eigenvalue weighted by molar-refractivity contribution is -0.184. The minimum absolute atomic E-state index is 0.0162. The first kappa shape index (κ1) is 13.3. The van der Waals surface area contributed by atoms with Crippen LogP contribution in [-0.4, -0.2) is 37.2 Å². The molecule has 0 spiro atoms. The van der Waals surface area contributed by atoms with Gasteiger partial charge in [0.15, 0.2) is 0 Å². The van der Waals surface area contributed by atoms with Crippen molar-refractivity contribution in [2.45, 2.75) is 6.18 Å². The summed E-state index contributed by atoms with van der Waals surface area (Å²) in [5.41, 5.74) is 0. The van der Waals surface area contributed by atoms with E-state index in [9.17, 15) is 18.0 Å². The molecule has 1 aromatic carbocycles. The first-order chi connectivity index (χ1) is 7.91. The predicted molar refractivity (Wildman–Crippen MR) is 55.6 cm³/mol. The number of carbonyl (C=O) groups excluding carboxylic acids is 1. The Labute approximate surface area is 96.8 Å². The predicted octanol–water partition coefficient (Wildman–Crippen LogP) is 2.09. The maximum absolute atomic E-state index is 12.0. The van der Waals surface area contributed by atoms with Gasteiger partial charge >= 0.3 is 12.1 Å². The molecule has 0 saturated carbocycles. The summed E-state index contributed by atoms with van der Waals surface area (Å²) in [6, 6.07) is 8.67. The van der Waals surface area contributed by atoms with E-state index in [-0.39, 0.29) is 13.2 Å². The summed E-state index contributed by atoms with van der Waals surface area (Å²) in [5.74, 6) is -1.31. The molecular weight excluding hydrogens is 235 g/mol. The van der Waals surface area contributed by atoms with Gasteiger partial charge in [-0.25, -0.2) is 0 Å². The summed E-state index contributed by atoms with van der Waals surface area (Å²) in [5, 5.41) is 0. The lowest BCUT2D eigenvalue weighted by Gasteiger charge is -2.18. The van der Waals surface area contributed by atoms with Crippen LogP contribution in [0.15, 0.2) is 30.3 Å². The first-order valence-corrected chi connectivity index (χ1v) is 4.91. The molecule has 94 valence electrons. The van der Waals surface area contributed by atoms with Crippen LogP contribution in [0.1, 0.15) is 0 Å². The SMILES string of the molecule is CN(CCOc1ccccc1)C(=O)C(F)(F)F. The number of likely N-dealkylation sites (N-methyl/N-ethyl adjacent to an activating group) is 1. The highest BCUT2D eigenvalue weighted by molar-refractivity contribution is 5.81. The second-order valence-electron chi connectivity index (χ2n) is 3.39. The number of nitrogens with zero attached hydrogens (tertiary/aromatic N) is 1. The van der Waals surface area contributed by atoms with Crippen LogP contribution in [-0.2, 0) is 4.79 Å². The number of carbonyl (C=O) groups is 1. The Morgan fingerprint density at radius 3 is 2.41 bits per heavy atom. The van der Waals surface area contributed by atoms with Gasteiger partial charge in [-0.1, -0.05) is 18.2 Å². The maximum Gasteiger partial charge on any atom is 0.471 e. The van der Waals surface area contributed by atoms with Gasteiger partial charge < -0.3 is 9.64 Å². The number of rotatable bonds is 4. The number of para-hydroxylation sites is 1. The molecule has 0 saturated heterocycles. The highest BCUT2D eigenvalue weighted by Crippen LogP contribution is 2.17. The van der Waals surface area contributed by atoms with Crippen molar-refractivity contribution in [3.8, 4) is 5.75 Å². The Kier molecular flexibility index (Phi) is 4.37. The smallest absolute Gasteiger partial charge is 0.471 e. The normalized spacial score (nSPS) is 11.1. The fraction of sp³-hybridized carbons (Fsp3) is 0.364. The fourth-order valence-corrected chi connectivity index (χ4v) is 1.14. The third-order valence-electron chi connectivity index (χ3n) is 2.03. The third-order valence-corrected chi connectivity index (χ3v) is 2.03. The van der Waals surface area contributed by atoms with Crippen LogP contribution in [0, 0.1) is 0 Å². The van der Waals surface area contributed by atoms with Gasteiger partial charge in [-0.3, -0.25) is 4.79 Å². The number of benzene rings is 1. The van der Waals surface area contributed by atoms with E-state index in [0.717, 1.165) is 7.05 Å². The van der Waals surface area contributed by atoms with Crippen molar-refractivity contribution < 1.29 is 22.7 Å². The second kappa shape index (κ2) is 5.56. The van der Waals surface area contributed by atoms with Crippen molar-refractivity contribution in [1.82, 2.24) is 4.90 Å². The van der Waals surface area contributed by atoms with E-state index in [4.69, 9.17) is 4.74 Å². The molecule has 0 N–H and O–H groups in total. The van der Waals surface area contributed by atoms with Crippen LogP contribution < -0.4 is 4.74 Å². The van der Waals surface area contributed by atoms with E-state index < -0.39 is 12.1 Å². The number of ether oxygens (including phenoxy) is 1. The average molecular weight is 247 g/mol. The van der Waals surface area contributed by atoms with Gasteiger partial charge in [-0.15, -0.1) is 0 Å². The minimum Gasteiger partial charge on any atom is -0.492 e. The zero-order valence-corrected chi connectivity index (χ0v) is 9.20. The van der Waals surface area contributed by atoms with Gasteiger partial charge in [-0.2, -0.15) is 13.2 Å². The number of amides is 1. The van der Waals surface area contributed by atoms with Crippen molar-refractivity contribution in [2.75, 3.05) is 20.2 Å². The van der Waals surface area contributed by atoms with Gasteiger partial charge in [0.2, 0.25) is 0 Å². The van der Waals surface area contributed by atoms with Crippen molar-refractivity contribution in [3.63, 3.8) is 0 Å². The van der Waals surface area contributed by atoms with Crippen LogP contribution >= 0.6 is 0 Å². The largest absolute Gasteiger partial charge is 0.492 e. The van der Waals surface area contributed by atoms with Crippen molar-refractivity contribution >= 4 is 5.91 Å². The topological polar surface area (TPSA) is 29.5 Å². The molecule has 1 amide bonds. The molecule has 0 atom stereocenters. The Bertz CT molecular complexity index is 365. The molecule has 0 bridgehead atoms. The Balaban J connectivity index is 2.35. The van der Waals surface area contributed by atoms with Gasteiger partial charge in [0.25, 0.3) is 0 Å². The van der Waals surface area contributed by atoms with Crippen LogP contribution in [0.5, 0.6) is 5.75 Å². The zero-order valence-electron chi connectivity index (χ0n) is 9.20. The number of alkyl halides is 3. The second-order valence-corrected chi connectivity index (χ2v) is 3.39. The monoisotopic (exact) mass is 247 g/mol. The molecule has 1 rings (SSSR count). The number of halogens is 3. The zero-order chi connectivity index (χ0) is 12.9. The molecule has 17 heavy (non-hydrogen) atoms. The van der Waals surface area contributed by atoms with E-state index in [1.54, 1.807) is 30.3 Å². The summed E-state index contributed by atoms with van der Waals surface area (Å²) < 4.78 is 41.2. The highest BCUT2D eigenvalue weighted by Gasteiger charge is 2.40. The molecule has 0 heterocycles. The molecule has 3 nitrogen and oxygen atoms in total. The molecule has 0 aromatic heterocycles. The van der Waals surface area contributed by atoms with Crippen molar-refractivity contribution in [3.05, 3.63) is 30.3 Å². The van der Waals surface area contributed by atoms with Crippen LogP contribution in [0.25, 0.3) is 0 Å². The standard InChI is InChI=1S/C11H12F3NO2/c1-15(10(16)11(12,13)14)7-8-17-9-5-3-2-4-6-9/h2-6H,7-8H2,1H3. The number of hydrogen-bond acceptors (Lipinski definition) is 2. The number of hydrogen-bond donors (Lipinski definition) is 0. The van der Waals surface area contributed by atoms with Crippen LogP contribution in [0.4, 0.5) is 13.2 Å². The summed E-state index contributed by atoms with van der Waals surface area (Å²) in [6.07, 6.45) is -4.83. The third kappa shape index (κ3) is 4.34. The Morgan fingerprint density at radius 2 is 1.88 bits per heavy atom. The van der Waals surface area contributed by atoms with E-state index in [2.05, 4.69) is 0 Å². The first-order valence-electron chi connectivity index (χ1n) is 4.91. The van der Waals surface area contributed by atoms with E-state index in [1.807, 2.05) is 0 Å². The summed E-state index contributed by atoms with van der Waals surface area (Å²) in [7, 11) is 1.09. The molecule has 0 aliphatic rings. The van der Waals surface area contributed by atoms with Crippen molar-refractivity contribution in [1.29, 1.82) is 0 Å².